The number of hydrogen-bond acceptors (Lipinski definition) is 5. The molecular formula is C19H17F3N6O2. The van der Waals surface area contributed by atoms with E-state index in [0.29, 0.717) is 28.3 Å². The van der Waals surface area contributed by atoms with Crippen LogP contribution in [0.1, 0.15) is 22.8 Å². The van der Waals surface area contributed by atoms with Gasteiger partial charge in [0.25, 0.3) is 5.56 Å². The van der Waals surface area contributed by atoms with Gasteiger partial charge >= 0.3 is 6.18 Å². The first-order valence-electron chi connectivity index (χ1n) is 8.92. The molecule has 0 aliphatic rings. The molecule has 0 radical (unpaired) electrons. The van der Waals surface area contributed by atoms with Gasteiger partial charge in [-0.15, -0.1) is 0 Å². The van der Waals surface area contributed by atoms with Crippen molar-refractivity contribution < 1.29 is 18.3 Å². The fraction of sp³-hybridized carbons (Fsp3) is 0.263. The van der Waals surface area contributed by atoms with Crippen molar-refractivity contribution in [3.8, 4) is 22.6 Å². The molecule has 3 aromatic heterocycles. The average Bonchev–Trinajstić information content (AvgIpc) is 3.17. The van der Waals surface area contributed by atoms with Crippen LogP contribution in [0.3, 0.4) is 0 Å². The van der Waals surface area contributed by atoms with Gasteiger partial charge in [-0.1, -0.05) is 12.1 Å². The zero-order valence-electron chi connectivity index (χ0n) is 16.2. The van der Waals surface area contributed by atoms with E-state index in [4.69, 9.17) is 0 Å². The Labute approximate surface area is 167 Å². The molecule has 0 saturated heterocycles. The Hall–Kier alpha value is -3.47. The highest BCUT2D eigenvalue weighted by Gasteiger charge is 2.31. The van der Waals surface area contributed by atoms with E-state index in [1.807, 2.05) is 0 Å². The molecule has 30 heavy (non-hydrogen) atoms. The molecule has 0 unspecified atom stereocenters. The summed E-state index contributed by atoms with van der Waals surface area (Å²) in [6.45, 7) is 2.84. The largest absolute Gasteiger partial charge is 0.416 e. The summed E-state index contributed by atoms with van der Waals surface area (Å²) in [5.41, 5.74) is 1.06. The van der Waals surface area contributed by atoms with Crippen molar-refractivity contribution in [2.45, 2.75) is 26.6 Å². The van der Waals surface area contributed by atoms with Crippen LogP contribution in [0.4, 0.5) is 13.2 Å². The van der Waals surface area contributed by atoms with Gasteiger partial charge in [0.15, 0.2) is 11.3 Å². The maximum absolute atomic E-state index is 13.0. The Kier molecular flexibility index (Phi) is 4.49. The first kappa shape index (κ1) is 19.8. The van der Waals surface area contributed by atoms with E-state index in [1.54, 1.807) is 20.9 Å². The molecule has 1 aromatic carbocycles. The fourth-order valence-electron chi connectivity index (χ4n) is 3.51. The Morgan fingerprint density at radius 1 is 1.13 bits per heavy atom. The van der Waals surface area contributed by atoms with Crippen molar-refractivity contribution >= 4 is 5.52 Å². The lowest BCUT2D eigenvalue weighted by Crippen LogP contribution is -2.15. The van der Waals surface area contributed by atoms with Crippen LogP contribution in [0, 0.1) is 13.8 Å². The van der Waals surface area contributed by atoms with Crippen molar-refractivity contribution in [1.82, 2.24) is 29.4 Å². The standard InChI is InChI=1S/C19H17F3N6O2/c1-9-15-18(30)24-10(2)25-28(15)17(23-9)14-13(8-29)26-27(3)16(14)11-4-6-12(7-5-11)19(20,21)22/h4-7,29H,8H2,1-3H3,(H,24,25,30). The molecular weight excluding hydrogens is 401 g/mol. The molecule has 4 rings (SSSR count). The molecule has 0 aliphatic heterocycles. The third-order valence-corrected chi connectivity index (χ3v) is 4.77. The number of aromatic nitrogens is 6. The van der Waals surface area contributed by atoms with Crippen LogP contribution in [0.2, 0.25) is 0 Å². The number of fused-ring (bicyclic) bond motifs is 1. The maximum Gasteiger partial charge on any atom is 0.416 e. The van der Waals surface area contributed by atoms with Crippen molar-refractivity contribution in [2.75, 3.05) is 0 Å². The number of H-pyrrole nitrogens is 1. The second-order valence-electron chi connectivity index (χ2n) is 6.85. The van der Waals surface area contributed by atoms with Crippen LogP contribution in [0.15, 0.2) is 29.1 Å². The number of nitrogens with one attached hydrogen (secondary N) is 1. The first-order valence-corrected chi connectivity index (χ1v) is 8.92. The number of alkyl halides is 3. The molecule has 0 bridgehead atoms. The smallest absolute Gasteiger partial charge is 0.390 e. The van der Waals surface area contributed by atoms with Gasteiger partial charge in [0.05, 0.1) is 34.8 Å². The molecule has 0 spiro atoms. The minimum absolute atomic E-state index is 0.238. The summed E-state index contributed by atoms with van der Waals surface area (Å²) in [4.78, 5) is 19.5. The van der Waals surface area contributed by atoms with Crippen LogP contribution in [0.25, 0.3) is 28.2 Å². The monoisotopic (exact) mass is 418 g/mol. The lowest BCUT2D eigenvalue weighted by Gasteiger charge is -2.10. The second-order valence-corrected chi connectivity index (χ2v) is 6.85. The van der Waals surface area contributed by atoms with Gasteiger partial charge in [0, 0.05) is 12.6 Å². The second kappa shape index (κ2) is 6.80. The van der Waals surface area contributed by atoms with E-state index in [9.17, 15) is 23.1 Å². The molecule has 0 saturated carbocycles. The maximum atomic E-state index is 13.0. The summed E-state index contributed by atoms with van der Waals surface area (Å²) in [5, 5.41) is 18.5. The van der Waals surface area contributed by atoms with E-state index >= 15 is 0 Å². The fourth-order valence-corrected chi connectivity index (χ4v) is 3.51. The number of aryl methyl sites for hydroxylation is 3. The predicted octanol–water partition coefficient (Wildman–Crippen LogP) is 2.61. The first-order chi connectivity index (χ1) is 14.1. The van der Waals surface area contributed by atoms with Crippen LogP contribution in [-0.4, -0.2) is 34.5 Å². The van der Waals surface area contributed by atoms with Crippen molar-refractivity contribution in [1.29, 1.82) is 0 Å². The number of benzene rings is 1. The summed E-state index contributed by atoms with van der Waals surface area (Å²) in [5.74, 6) is 0.625. The van der Waals surface area contributed by atoms with Crippen LogP contribution < -0.4 is 5.56 Å². The van der Waals surface area contributed by atoms with Crippen molar-refractivity contribution in [3.05, 3.63) is 57.4 Å². The SMILES string of the molecule is Cc1nn2c(-c3c(CO)nn(C)c3-c3ccc(C(F)(F)F)cc3)nc(C)c2c(=O)[nH]1. The summed E-state index contributed by atoms with van der Waals surface area (Å²) in [6.07, 6.45) is -4.46. The molecule has 0 fully saturated rings. The number of rotatable bonds is 3. The minimum Gasteiger partial charge on any atom is -0.390 e. The minimum atomic E-state index is -4.46. The Morgan fingerprint density at radius 3 is 2.40 bits per heavy atom. The predicted molar refractivity (Wildman–Crippen MR) is 102 cm³/mol. The summed E-state index contributed by atoms with van der Waals surface area (Å²) in [7, 11) is 1.61. The van der Waals surface area contributed by atoms with E-state index in [1.165, 1.54) is 21.3 Å². The van der Waals surface area contributed by atoms with Crippen LogP contribution >= 0.6 is 0 Å². The highest BCUT2D eigenvalue weighted by Crippen LogP contribution is 2.36. The van der Waals surface area contributed by atoms with Gasteiger partial charge in [-0.2, -0.15) is 23.4 Å². The number of aliphatic hydroxyl groups is 1. The van der Waals surface area contributed by atoms with Gasteiger partial charge in [0.1, 0.15) is 5.82 Å². The van der Waals surface area contributed by atoms with E-state index < -0.39 is 18.3 Å². The number of aromatic amines is 1. The summed E-state index contributed by atoms with van der Waals surface area (Å²) < 4.78 is 41.7. The van der Waals surface area contributed by atoms with Crippen molar-refractivity contribution in [2.24, 2.45) is 7.05 Å². The lowest BCUT2D eigenvalue weighted by atomic mass is 10.0. The molecule has 0 amide bonds. The van der Waals surface area contributed by atoms with E-state index in [-0.39, 0.29) is 22.6 Å². The zero-order valence-corrected chi connectivity index (χ0v) is 16.2. The van der Waals surface area contributed by atoms with Gasteiger partial charge in [-0.25, -0.2) is 9.50 Å². The van der Waals surface area contributed by atoms with Crippen LogP contribution in [-0.2, 0) is 19.8 Å². The van der Waals surface area contributed by atoms with E-state index in [0.717, 1.165) is 12.1 Å². The number of imidazole rings is 1. The highest BCUT2D eigenvalue weighted by atomic mass is 19.4. The van der Waals surface area contributed by atoms with Crippen LogP contribution in [0.5, 0.6) is 0 Å². The summed E-state index contributed by atoms with van der Waals surface area (Å²) in [6, 6.07) is 4.62. The van der Waals surface area contributed by atoms with Gasteiger partial charge < -0.3 is 10.1 Å². The molecule has 156 valence electrons. The number of halogens is 3. The molecule has 2 N–H and O–H groups in total. The normalized spacial score (nSPS) is 12.1. The number of nitrogens with zero attached hydrogens (tertiary/aromatic N) is 5. The number of hydrogen-bond donors (Lipinski definition) is 2. The summed E-state index contributed by atoms with van der Waals surface area (Å²) >= 11 is 0. The molecule has 11 heteroatoms. The van der Waals surface area contributed by atoms with Gasteiger partial charge in [-0.05, 0) is 26.0 Å². The average molecular weight is 418 g/mol. The molecule has 4 aromatic rings. The Balaban J connectivity index is 2.01. The topological polar surface area (TPSA) is 101 Å². The third-order valence-electron chi connectivity index (χ3n) is 4.77. The molecule has 3 heterocycles. The van der Waals surface area contributed by atoms with Crippen molar-refractivity contribution in [3.63, 3.8) is 0 Å². The number of aliphatic hydroxyl groups excluding tert-OH is 1. The molecule has 8 nitrogen and oxygen atoms in total. The quantitative estimate of drug-likeness (QED) is 0.533. The molecule has 0 atom stereocenters. The molecule has 0 aliphatic carbocycles. The highest BCUT2D eigenvalue weighted by molar-refractivity contribution is 5.81. The Morgan fingerprint density at radius 2 is 1.80 bits per heavy atom. The van der Waals surface area contributed by atoms with Gasteiger partial charge in [-0.3, -0.25) is 9.48 Å². The lowest BCUT2D eigenvalue weighted by molar-refractivity contribution is -0.137. The van der Waals surface area contributed by atoms with E-state index in [2.05, 4.69) is 20.2 Å². The zero-order chi connectivity index (χ0) is 21.8. The Bertz CT molecular complexity index is 1320. The third kappa shape index (κ3) is 3.07. The van der Waals surface area contributed by atoms with Gasteiger partial charge in [0.2, 0.25) is 0 Å².